The molecule has 2 aromatic rings. The van der Waals surface area contributed by atoms with Gasteiger partial charge in [-0.3, -0.25) is 9.59 Å². The van der Waals surface area contributed by atoms with Gasteiger partial charge in [0.15, 0.2) is 5.78 Å². The molecule has 1 amide bonds. The first-order valence-electron chi connectivity index (χ1n) is 11.2. The number of nitrogens with zero attached hydrogens (tertiary/aromatic N) is 1. The fourth-order valence-corrected chi connectivity index (χ4v) is 5.29. The number of hydrogen-bond acceptors (Lipinski definition) is 3. The van der Waals surface area contributed by atoms with E-state index in [0.29, 0.717) is 22.5 Å². The molecule has 1 spiro atoms. The zero-order valence-corrected chi connectivity index (χ0v) is 18.1. The molecule has 4 nitrogen and oxygen atoms in total. The Morgan fingerprint density at radius 1 is 1.00 bits per heavy atom. The summed E-state index contributed by atoms with van der Waals surface area (Å²) in [6, 6.07) is 15.1. The Labute approximate surface area is 179 Å². The minimum atomic E-state index is 0.0469. The molecule has 2 saturated carbocycles. The van der Waals surface area contributed by atoms with Crippen LogP contribution in [0.1, 0.15) is 72.6 Å². The average molecular weight is 405 g/mol. The molecular formula is C26H32N2O2. The van der Waals surface area contributed by atoms with Gasteiger partial charge in [-0.05, 0) is 80.3 Å². The molecule has 0 aromatic heterocycles. The Morgan fingerprint density at radius 2 is 1.70 bits per heavy atom. The van der Waals surface area contributed by atoms with Crippen LogP contribution in [0.3, 0.4) is 0 Å². The molecule has 0 aliphatic heterocycles. The smallest absolute Gasteiger partial charge is 0.255 e. The highest BCUT2D eigenvalue weighted by Gasteiger charge is 2.45. The number of para-hydroxylation sites is 1. The lowest BCUT2D eigenvalue weighted by Crippen LogP contribution is -2.46. The highest BCUT2D eigenvalue weighted by molar-refractivity contribution is 6.00. The SMILES string of the molecule is CC(=O)c1ccc(Nc2ccccc2C(=O)N(C)CC2CCCCC23CCC3)cc1. The maximum atomic E-state index is 13.3. The molecule has 2 aromatic carbocycles. The van der Waals surface area contributed by atoms with Crippen LogP contribution in [0.2, 0.25) is 0 Å². The predicted molar refractivity (Wildman–Crippen MR) is 121 cm³/mol. The fraction of sp³-hybridized carbons (Fsp3) is 0.462. The number of nitrogens with one attached hydrogen (secondary N) is 1. The molecule has 158 valence electrons. The van der Waals surface area contributed by atoms with Crippen molar-refractivity contribution < 1.29 is 9.59 Å². The highest BCUT2D eigenvalue weighted by atomic mass is 16.2. The van der Waals surface area contributed by atoms with E-state index in [1.165, 1.54) is 44.9 Å². The first-order chi connectivity index (χ1) is 14.5. The second-order valence-corrected chi connectivity index (χ2v) is 9.15. The lowest BCUT2D eigenvalue weighted by molar-refractivity contribution is -0.00653. The van der Waals surface area contributed by atoms with Gasteiger partial charge in [0.05, 0.1) is 11.3 Å². The number of anilines is 2. The summed E-state index contributed by atoms with van der Waals surface area (Å²) < 4.78 is 0. The number of carbonyl (C=O) groups is 2. The molecule has 4 heteroatoms. The summed E-state index contributed by atoms with van der Waals surface area (Å²) in [5.41, 5.74) is 3.54. The maximum absolute atomic E-state index is 13.3. The number of ketones is 1. The van der Waals surface area contributed by atoms with Gasteiger partial charge in [0.2, 0.25) is 0 Å². The third-order valence-electron chi connectivity index (χ3n) is 7.26. The molecule has 30 heavy (non-hydrogen) atoms. The third kappa shape index (κ3) is 4.14. The van der Waals surface area contributed by atoms with Crippen molar-refractivity contribution in [3.05, 3.63) is 59.7 Å². The summed E-state index contributed by atoms with van der Waals surface area (Å²) in [7, 11) is 1.95. The van der Waals surface area contributed by atoms with Crippen molar-refractivity contribution in [2.24, 2.45) is 11.3 Å². The first-order valence-corrected chi connectivity index (χ1v) is 11.2. The van der Waals surface area contributed by atoms with Gasteiger partial charge in [0.1, 0.15) is 0 Å². The number of benzene rings is 2. The van der Waals surface area contributed by atoms with E-state index >= 15 is 0 Å². The van der Waals surface area contributed by atoms with Crippen LogP contribution in [0.5, 0.6) is 0 Å². The summed E-state index contributed by atoms with van der Waals surface area (Å²) in [5, 5.41) is 3.36. The van der Waals surface area contributed by atoms with E-state index in [4.69, 9.17) is 0 Å². The first kappa shape index (κ1) is 20.6. The van der Waals surface area contributed by atoms with Crippen LogP contribution in [0.15, 0.2) is 48.5 Å². The normalized spacial score (nSPS) is 19.7. The molecule has 0 radical (unpaired) electrons. The highest BCUT2D eigenvalue weighted by Crippen LogP contribution is 2.55. The van der Waals surface area contributed by atoms with Gasteiger partial charge in [0, 0.05) is 24.8 Å². The Balaban J connectivity index is 1.48. The average Bonchev–Trinajstić information content (AvgIpc) is 2.73. The van der Waals surface area contributed by atoms with Gasteiger partial charge in [-0.2, -0.15) is 0 Å². The Bertz CT molecular complexity index is 915. The van der Waals surface area contributed by atoms with Gasteiger partial charge in [-0.15, -0.1) is 0 Å². The summed E-state index contributed by atoms with van der Waals surface area (Å²) in [5.74, 6) is 0.748. The Morgan fingerprint density at radius 3 is 2.37 bits per heavy atom. The molecule has 1 N–H and O–H groups in total. The zero-order valence-electron chi connectivity index (χ0n) is 18.1. The molecule has 4 rings (SSSR count). The molecule has 0 saturated heterocycles. The monoisotopic (exact) mass is 404 g/mol. The lowest BCUT2D eigenvalue weighted by atomic mass is 9.55. The van der Waals surface area contributed by atoms with Crippen LogP contribution in [0.4, 0.5) is 11.4 Å². The van der Waals surface area contributed by atoms with Crippen LogP contribution >= 0.6 is 0 Å². The van der Waals surface area contributed by atoms with E-state index in [0.717, 1.165) is 17.9 Å². The van der Waals surface area contributed by atoms with E-state index < -0.39 is 0 Å². The minimum absolute atomic E-state index is 0.0469. The predicted octanol–water partition coefficient (Wildman–Crippen LogP) is 6.07. The van der Waals surface area contributed by atoms with E-state index in [2.05, 4.69) is 5.32 Å². The van der Waals surface area contributed by atoms with Crippen molar-refractivity contribution in [3.63, 3.8) is 0 Å². The van der Waals surface area contributed by atoms with E-state index in [1.54, 1.807) is 6.92 Å². The molecule has 1 unspecified atom stereocenters. The van der Waals surface area contributed by atoms with E-state index in [9.17, 15) is 9.59 Å². The van der Waals surface area contributed by atoms with Gasteiger partial charge in [-0.1, -0.05) is 31.4 Å². The largest absolute Gasteiger partial charge is 0.355 e. The second-order valence-electron chi connectivity index (χ2n) is 9.15. The topological polar surface area (TPSA) is 49.4 Å². The van der Waals surface area contributed by atoms with Crippen LogP contribution in [0.25, 0.3) is 0 Å². The van der Waals surface area contributed by atoms with Crippen molar-refractivity contribution >= 4 is 23.1 Å². The fourth-order valence-electron chi connectivity index (χ4n) is 5.29. The quantitative estimate of drug-likeness (QED) is 0.595. The second kappa shape index (κ2) is 8.63. The summed E-state index contributed by atoms with van der Waals surface area (Å²) in [4.78, 5) is 26.8. The number of amides is 1. The van der Waals surface area contributed by atoms with Gasteiger partial charge in [0.25, 0.3) is 5.91 Å². The summed E-state index contributed by atoms with van der Waals surface area (Å²) in [6.45, 7) is 2.41. The van der Waals surface area contributed by atoms with Crippen molar-refractivity contribution in [2.45, 2.75) is 51.9 Å². The standard InChI is InChI=1S/C26H32N2O2/c1-19(29)20-11-13-22(14-12-20)27-24-10-4-3-9-23(24)25(30)28(2)18-21-8-5-6-15-26(21)16-7-17-26/h3-4,9-14,21,27H,5-8,15-18H2,1-2H3. The van der Waals surface area contributed by atoms with Crippen LogP contribution in [0, 0.1) is 11.3 Å². The van der Waals surface area contributed by atoms with Crippen molar-refractivity contribution in [2.75, 3.05) is 18.9 Å². The van der Waals surface area contributed by atoms with Gasteiger partial charge in [-0.25, -0.2) is 0 Å². The molecule has 0 heterocycles. The molecular weight excluding hydrogens is 372 g/mol. The van der Waals surface area contributed by atoms with E-state index in [-0.39, 0.29) is 11.7 Å². The van der Waals surface area contributed by atoms with Gasteiger partial charge >= 0.3 is 0 Å². The van der Waals surface area contributed by atoms with E-state index in [1.807, 2.05) is 60.5 Å². The molecule has 2 aliphatic carbocycles. The number of rotatable bonds is 6. The van der Waals surface area contributed by atoms with Crippen molar-refractivity contribution in [3.8, 4) is 0 Å². The molecule has 2 fully saturated rings. The number of hydrogen-bond donors (Lipinski definition) is 1. The van der Waals surface area contributed by atoms with Crippen molar-refractivity contribution in [1.82, 2.24) is 4.90 Å². The molecule has 2 aliphatic rings. The molecule has 1 atom stereocenters. The maximum Gasteiger partial charge on any atom is 0.255 e. The van der Waals surface area contributed by atoms with Crippen LogP contribution < -0.4 is 5.32 Å². The number of carbonyl (C=O) groups excluding carboxylic acids is 2. The minimum Gasteiger partial charge on any atom is -0.355 e. The van der Waals surface area contributed by atoms with Gasteiger partial charge < -0.3 is 10.2 Å². The number of Topliss-reactive ketones (excluding diaryl/α,β-unsaturated/α-hetero) is 1. The molecule has 0 bridgehead atoms. The van der Waals surface area contributed by atoms with Crippen LogP contribution in [-0.4, -0.2) is 30.2 Å². The summed E-state index contributed by atoms with van der Waals surface area (Å²) >= 11 is 0. The third-order valence-corrected chi connectivity index (χ3v) is 7.26. The van der Waals surface area contributed by atoms with Crippen molar-refractivity contribution in [1.29, 1.82) is 0 Å². The van der Waals surface area contributed by atoms with Crippen LogP contribution in [-0.2, 0) is 0 Å². The summed E-state index contributed by atoms with van der Waals surface area (Å²) in [6.07, 6.45) is 9.27. The lowest BCUT2D eigenvalue weighted by Gasteiger charge is -2.52. The Kier molecular flexibility index (Phi) is 5.94. The zero-order chi connectivity index (χ0) is 21.1. The Hall–Kier alpha value is -2.62.